The van der Waals surface area contributed by atoms with Gasteiger partial charge in [-0.3, -0.25) is 4.57 Å². The number of fused-ring (bicyclic) bond motifs is 2. The third-order valence-electron chi connectivity index (χ3n) is 7.22. The summed E-state index contributed by atoms with van der Waals surface area (Å²) in [6.07, 6.45) is 6.08. The van der Waals surface area contributed by atoms with Crippen LogP contribution in [0.5, 0.6) is 5.75 Å². The third kappa shape index (κ3) is 3.93. The largest absolute Gasteiger partial charge is 0.507 e. The van der Waals surface area contributed by atoms with Gasteiger partial charge in [0.2, 0.25) is 5.95 Å². The van der Waals surface area contributed by atoms with Crippen LogP contribution in [0.15, 0.2) is 35.4 Å². The van der Waals surface area contributed by atoms with E-state index in [2.05, 4.69) is 25.5 Å². The van der Waals surface area contributed by atoms with Crippen molar-refractivity contribution in [3.63, 3.8) is 0 Å². The Bertz CT molecular complexity index is 1330. The standard InChI is InChI=1S/C24H25F2N7O2/c1-32-11-16(25)22(29-24(32)35)12-2-6-15(20(34)8-12)18-10-27-23(31-30-18)33(14-4-5-14)19-9-13-3-7-17(28-13)21(19)26/h2,6,8,10-11,13-14,17,19,21,28,34H,3-5,7,9H2,1H3/t13-,17-,19-,21+/m0/s1. The SMILES string of the molecule is Cn1cc(F)c(-c2ccc(-c3cnc(N(C4CC4)[C@H]4C[C@@H]5CC[C@H](N5)[C@H]4F)nn3)c(O)c2)nc1=O. The minimum atomic E-state index is -0.988. The maximum Gasteiger partial charge on any atom is 0.348 e. The van der Waals surface area contributed by atoms with E-state index >= 15 is 4.39 Å². The van der Waals surface area contributed by atoms with E-state index in [0.29, 0.717) is 29.7 Å². The van der Waals surface area contributed by atoms with Gasteiger partial charge in [-0.2, -0.15) is 4.98 Å². The highest BCUT2D eigenvalue weighted by Gasteiger charge is 2.48. The molecule has 0 amide bonds. The Hall–Kier alpha value is -3.47. The van der Waals surface area contributed by atoms with Gasteiger partial charge < -0.3 is 15.3 Å². The quantitative estimate of drug-likeness (QED) is 0.572. The Balaban J connectivity index is 1.28. The summed E-state index contributed by atoms with van der Waals surface area (Å²) < 4.78 is 30.6. The first-order valence-electron chi connectivity index (χ1n) is 11.8. The Kier molecular flexibility index (Phi) is 5.24. The van der Waals surface area contributed by atoms with Crippen LogP contribution in [-0.2, 0) is 7.05 Å². The lowest BCUT2D eigenvalue weighted by Gasteiger charge is -2.40. The molecule has 3 aliphatic rings. The van der Waals surface area contributed by atoms with Crippen LogP contribution < -0.4 is 15.9 Å². The summed E-state index contributed by atoms with van der Waals surface area (Å²) in [5.41, 5.74) is 0.187. The first-order chi connectivity index (χ1) is 16.9. The van der Waals surface area contributed by atoms with Crippen molar-refractivity contribution >= 4 is 5.95 Å². The molecule has 4 atom stereocenters. The van der Waals surface area contributed by atoms with Gasteiger partial charge >= 0.3 is 5.69 Å². The van der Waals surface area contributed by atoms with Gasteiger partial charge in [0.25, 0.3) is 0 Å². The summed E-state index contributed by atoms with van der Waals surface area (Å²) in [5.74, 6) is -0.457. The molecule has 0 spiro atoms. The van der Waals surface area contributed by atoms with E-state index in [1.54, 1.807) is 12.1 Å². The molecule has 1 aromatic carbocycles. The summed E-state index contributed by atoms with van der Waals surface area (Å²) in [6, 6.07) is 4.57. The van der Waals surface area contributed by atoms with Gasteiger partial charge in [0.15, 0.2) is 5.82 Å². The van der Waals surface area contributed by atoms with Crippen molar-refractivity contribution in [2.24, 2.45) is 7.05 Å². The van der Waals surface area contributed by atoms with Crippen LogP contribution in [0.25, 0.3) is 22.5 Å². The van der Waals surface area contributed by atoms with E-state index in [1.807, 2.05) is 4.90 Å². The van der Waals surface area contributed by atoms with Crippen LogP contribution >= 0.6 is 0 Å². The molecule has 182 valence electrons. The fraction of sp³-hybridized carbons (Fsp3) is 0.458. The second-order valence-corrected chi connectivity index (χ2v) is 9.64. The van der Waals surface area contributed by atoms with Gasteiger partial charge in [-0.1, -0.05) is 6.07 Å². The number of anilines is 1. The number of nitrogens with zero attached hydrogens (tertiary/aromatic N) is 6. The molecule has 2 aliphatic heterocycles. The zero-order valence-corrected chi connectivity index (χ0v) is 19.1. The number of alkyl halides is 1. The smallest absolute Gasteiger partial charge is 0.348 e. The number of rotatable bonds is 5. The van der Waals surface area contributed by atoms with Crippen molar-refractivity contribution < 1.29 is 13.9 Å². The van der Waals surface area contributed by atoms with Crippen molar-refractivity contribution in [1.82, 2.24) is 30.0 Å². The first kappa shape index (κ1) is 22.0. The van der Waals surface area contributed by atoms with E-state index in [4.69, 9.17) is 0 Å². The Labute approximate surface area is 199 Å². The van der Waals surface area contributed by atoms with Crippen LogP contribution in [0.4, 0.5) is 14.7 Å². The summed E-state index contributed by atoms with van der Waals surface area (Å²) in [7, 11) is 1.41. The number of phenolic OH excluding ortho intramolecular Hbond substituents is 1. The lowest BCUT2D eigenvalue weighted by atomic mass is 9.96. The molecule has 1 aliphatic carbocycles. The average molecular weight is 482 g/mol. The van der Waals surface area contributed by atoms with Gasteiger partial charge in [-0.05, 0) is 44.2 Å². The zero-order valence-electron chi connectivity index (χ0n) is 19.1. The predicted octanol–water partition coefficient (Wildman–Crippen LogP) is 2.34. The molecule has 4 heterocycles. The molecule has 2 aromatic heterocycles. The Morgan fingerprint density at radius 2 is 2.03 bits per heavy atom. The lowest BCUT2D eigenvalue weighted by Crippen LogP contribution is -2.57. The highest BCUT2D eigenvalue weighted by atomic mass is 19.1. The molecule has 35 heavy (non-hydrogen) atoms. The summed E-state index contributed by atoms with van der Waals surface area (Å²) >= 11 is 0. The molecule has 6 rings (SSSR count). The minimum Gasteiger partial charge on any atom is -0.507 e. The fourth-order valence-electron chi connectivity index (χ4n) is 5.30. The number of nitrogens with one attached hydrogen (secondary N) is 1. The molecule has 3 aromatic rings. The van der Waals surface area contributed by atoms with Gasteiger partial charge in [-0.15, -0.1) is 10.2 Å². The fourth-order valence-corrected chi connectivity index (χ4v) is 5.30. The summed E-state index contributed by atoms with van der Waals surface area (Å²) in [6.45, 7) is 0. The monoisotopic (exact) mass is 481 g/mol. The molecule has 11 heteroatoms. The zero-order chi connectivity index (χ0) is 24.3. The molecule has 2 saturated heterocycles. The highest BCUT2D eigenvalue weighted by molar-refractivity contribution is 5.72. The average Bonchev–Trinajstić information content (AvgIpc) is 3.59. The Morgan fingerprint density at radius 3 is 2.74 bits per heavy atom. The molecule has 0 radical (unpaired) electrons. The number of benzene rings is 1. The van der Waals surface area contributed by atoms with Crippen LogP contribution in [-0.4, -0.2) is 60.2 Å². The third-order valence-corrected chi connectivity index (χ3v) is 7.22. The van der Waals surface area contributed by atoms with Crippen molar-refractivity contribution in [1.29, 1.82) is 0 Å². The molecule has 1 saturated carbocycles. The number of aryl methyl sites for hydroxylation is 1. The highest BCUT2D eigenvalue weighted by Crippen LogP contribution is 2.39. The normalized spacial score (nSPS) is 25.6. The van der Waals surface area contributed by atoms with Crippen LogP contribution in [0.3, 0.4) is 0 Å². The van der Waals surface area contributed by atoms with Gasteiger partial charge in [-0.25, -0.2) is 18.6 Å². The van der Waals surface area contributed by atoms with E-state index < -0.39 is 17.7 Å². The first-order valence-corrected chi connectivity index (χ1v) is 11.8. The van der Waals surface area contributed by atoms with Crippen molar-refractivity contribution in [2.45, 2.75) is 62.4 Å². The number of hydrogen-bond donors (Lipinski definition) is 2. The van der Waals surface area contributed by atoms with E-state index in [1.165, 1.54) is 19.3 Å². The molecular weight excluding hydrogens is 456 g/mol. The van der Waals surface area contributed by atoms with Crippen molar-refractivity contribution in [3.8, 4) is 28.3 Å². The Morgan fingerprint density at radius 1 is 1.20 bits per heavy atom. The molecule has 2 N–H and O–H groups in total. The van der Waals surface area contributed by atoms with Crippen molar-refractivity contribution in [2.75, 3.05) is 4.90 Å². The molecule has 2 bridgehead atoms. The lowest BCUT2D eigenvalue weighted by molar-refractivity contribution is 0.171. The second-order valence-electron chi connectivity index (χ2n) is 9.64. The number of hydrogen-bond acceptors (Lipinski definition) is 8. The number of halogens is 2. The van der Waals surface area contributed by atoms with Gasteiger partial charge in [0.1, 0.15) is 23.3 Å². The van der Waals surface area contributed by atoms with Crippen LogP contribution in [0, 0.1) is 5.82 Å². The number of phenols is 1. The molecular formula is C24H25F2N7O2. The van der Waals surface area contributed by atoms with Crippen LogP contribution in [0.1, 0.15) is 32.1 Å². The van der Waals surface area contributed by atoms with Gasteiger partial charge in [0, 0.05) is 42.5 Å². The maximum absolute atomic E-state index is 15.2. The van der Waals surface area contributed by atoms with E-state index in [0.717, 1.165) is 36.4 Å². The predicted molar refractivity (Wildman–Crippen MR) is 124 cm³/mol. The molecule has 3 fully saturated rings. The van der Waals surface area contributed by atoms with Crippen molar-refractivity contribution in [3.05, 3.63) is 46.9 Å². The van der Waals surface area contributed by atoms with E-state index in [9.17, 15) is 14.3 Å². The molecule has 9 nitrogen and oxygen atoms in total. The topological polar surface area (TPSA) is 109 Å². The number of aromatic nitrogens is 5. The maximum atomic E-state index is 15.2. The number of aromatic hydroxyl groups is 1. The molecule has 0 unspecified atom stereocenters. The van der Waals surface area contributed by atoms with E-state index in [-0.39, 0.29) is 35.1 Å². The van der Waals surface area contributed by atoms with Crippen LogP contribution in [0.2, 0.25) is 0 Å². The minimum absolute atomic E-state index is 0.119. The summed E-state index contributed by atoms with van der Waals surface area (Å²) in [5, 5.41) is 22.5. The summed E-state index contributed by atoms with van der Waals surface area (Å²) in [4.78, 5) is 22.1. The number of piperidine rings is 1. The van der Waals surface area contributed by atoms with Gasteiger partial charge in [0.05, 0.1) is 12.2 Å². The second kappa shape index (κ2) is 8.33.